The molecule has 102 valence electrons. The molecule has 6 nitrogen and oxygen atoms in total. The number of urea groups is 1. The lowest BCUT2D eigenvalue weighted by atomic mass is 9.91. The predicted octanol–water partition coefficient (Wildman–Crippen LogP) is 0.271. The standard InChI is InChI=1S/C14H13N3O3/c1-3-7-15-12(18)9-5-6-10-11(8-9)16-14(20)17(4-2)13(10)19/h1,5-6,8,10H,4,7H2,2H3,(H,15,18). The van der Waals surface area contributed by atoms with Crippen molar-refractivity contribution in [2.45, 2.75) is 6.92 Å². The topological polar surface area (TPSA) is 78.8 Å². The van der Waals surface area contributed by atoms with E-state index in [2.05, 4.69) is 16.2 Å². The first kappa shape index (κ1) is 13.7. The number of rotatable bonds is 3. The van der Waals surface area contributed by atoms with Crippen LogP contribution < -0.4 is 5.32 Å². The smallest absolute Gasteiger partial charge is 0.341 e. The van der Waals surface area contributed by atoms with Crippen LogP contribution in [0.15, 0.2) is 28.8 Å². The van der Waals surface area contributed by atoms with E-state index in [4.69, 9.17) is 6.42 Å². The summed E-state index contributed by atoms with van der Waals surface area (Å²) < 4.78 is 0. The molecule has 20 heavy (non-hydrogen) atoms. The number of nitrogens with one attached hydrogen (secondary N) is 1. The van der Waals surface area contributed by atoms with Gasteiger partial charge in [0.15, 0.2) is 0 Å². The van der Waals surface area contributed by atoms with Gasteiger partial charge >= 0.3 is 6.03 Å². The Balaban J connectivity index is 2.26. The van der Waals surface area contributed by atoms with E-state index in [1.54, 1.807) is 13.0 Å². The molecule has 0 aromatic rings. The first-order valence-corrected chi connectivity index (χ1v) is 6.14. The summed E-state index contributed by atoms with van der Waals surface area (Å²) in [6.07, 6.45) is 9.61. The second-order valence-corrected chi connectivity index (χ2v) is 4.23. The van der Waals surface area contributed by atoms with Crippen molar-refractivity contribution >= 4 is 23.6 Å². The van der Waals surface area contributed by atoms with Crippen molar-refractivity contribution < 1.29 is 14.4 Å². The van der Waals surface area contributed by atoms with E-state index in [9.17, 15) is 14.4 Å². The molecule has 2 rings (SSSR count). The third-order valence-electron chi connectivity index (χ3n) is 3.01. The van der Waals surface area contributed by atoms with Gasteiger partial charge in [-0.05, 0) is 13.0 Å². The fraction of sp³-hybridized carbons (Fsp3) is 0.286. The molecule has 2 aliphatic rings. The number of terminal acetylenes is 1. The van der Waals surface area contributed by atoms with Crippen LogP contribution in [0.3, 0.4) is 0 Å². The Labute approximate surface area is 116 Å². The lowest BCUT2D eigenvalue weighted by Crippen LogP contribution is -2.46. The van der Waals surface area contributed by atoms with Crippen LogP contribution in [0.5, 0.6) is 0 Å². The quantitative estimate of drug-likeness (QED) is 0.748. The Morgan fingerprint density at radius 3 is 2.95 bits per heavy atom. The van der Waals surface area contributed by atoms with Crippen LogP contribution in [0.4, 0.5) is 4.79 Å². The molecular formula is C14H13N3O3. The fourth-order valence-electron chi connectivity index (χ4n) is 2.00. The molecular weight excluding hydrogens is 258 g/mol. The molecule has 1 aliphatic heterocycles. The number of aliphatic imine (C=N–C) groups is 1. The van der Waals surface area contributed by atoms with Crippen molar-refractivity contribution in [1.29, 1.82) is 0 Å². The average molecular weight is 271 g/mol. The highest BCUT2D eigenvalue weighted by molar-refractivity contribution is 6.23. The van der Waals surface area contributed by atoms with Gasteiger partial charge in [0.2, 0.25) is 5.91 Å². The number of hydrogen-bond donors (Lipinski definition) is 1. The van der Waals surface area contributed by atoms with E-state index < -0.39 is 11.9 Å². The molecule has 0 fully saturated rings. The van der Waals surface area contributed by atoms with E-state index in [1.807, 2.05) is 0 Å². The van der Waals surface area contributed by atoms with Crippen molar-refractivity contribution in [3.8, 4) is 12.3 Å². The highest BCUT2D eigenvalue weighted by atomic mass is 16.2. The first-order chi connectivity index (χ1) is 9.58. The van der Waals surface area contributed by atoms with Crippen LogP contribution in [-0.4, -0.2) is 41.5 Å². The van der Waals surface area contributed by atoms with E-state index in [-0.39, 0.29) is 30.6 Å². The average Bonchev–Trinajstić information content (AvgIpc) is 2.44. The molecule has 0 aromatic carbocycles. The molecule has 0 spiro atoms. The lowest BCUT2D eigenvalue weighted by Gasteiger charge is -2.27. The number of carbonyl (C=O) groups is 3. The third-order valence-corrected chi connectivity index (χ3v) is 3.01. The highest BCUT2D eigenvalue weighted by Gasteiger charge is 2.35. The Morgan fingerprint density at radius 1 is 1.55 bits per heavy atom. The van der Waals surface area contributed by atoms with Gasteiger partial charge in [-0.15, -0.1) is 6.42 Å². The second-order valence-electron chi connectivity index (χ2n) is 4.23. The molecule has 0 radical (unpaired) electrons. The number of carbonyl (C=O) groups excluding carboxylic acids is 3. The molecule has 1 N–H and O–H groups in total. The fourth-order valence-corrected chi connectivity index (χ4v) is 2.00. The van der Waals surface area contributed by atoms with Crippen molar-refractivity contribution in [1.82, 2.24) is 10.2 Å². The number of fused-ring (bicyclic) bond motifs is 1. The van der Waals surface area contributed by atoms with Crippen molar-refractivity contribution in [2.75, 3.05) is 13.1 Å². The Hall–Kier alpha value is -2.68. The Kier molecular flexibility index (Phi) is 3.80. The predicted molar refractivity (Wildman–Crippen MR) is 72.8 cm³/mol. The third kappa shape index (κ3) is 2.38. The van der Waals surface area contributed by atoms with Crippen LogP contribution >= 0.6 is 0 Å². The summed E-state index contributed by atoms with van der Waals surface area (Å²) in [5.41, 5.74) is 0.610. The summed E-state index contributed by atoms with van der Waals surface area (Å²) in [5.74, 6) is 1.01. The van der Waals surface area contributed by atoms with E-state index in [0.717, 1.165) is 4.90 Å². The molecule has 1 aliphatic carbocycles. The van der Waals surface area contributed by atoms with Crippen LogP contribution in [0.2, 0.25) is 0 Å². The van der Waals surface area contributed by atoms with Gasteiger partial charge in [-0.25, -0.2) is 4.79 Å². The molecule has 0 saturated heterocycles. The van der Waals surface area contributed by atoms with Crippen LogP contribution in [0.1, 0.15) is 6.92 Å². The SMILES string of the molecule is C#CCNC(=O)C1=CC2=NC(=O)N(CC)C(=O)C2C=C1. The summed E-state index contributed by atoms with van der Waals surface area (Å²) in [6, 6.07) is -0.598. The maximum Gasteiger partial charge on any atom is 0.350 e. The van der Waals surface area contributed by atoms with Crippen molar-refractivity contribution in [3.05, 3.63) is 23.8 Å². The summed E-state index contributed by atoms with van der Waals surface area (Å²) in [7, 11) is 0. The number of nitrogens with zero attached hydrogens (tertiary/aromatic N) is 2. The number of imide groups is 1. The summed E-state index contributed by atoms with van der Waals surface area (Å²) >= 11 is 0. The molecule has 1 unspecified atom stereocenters. The van der Waals surface area contributed by atoms with Crippen LogP contribution in [-0.2, 0) is 9.59 Å². The van der Waals surface area contributed by atoms with Gasteiger partial charge in [0, 0.05) is 12.1 Å². The molecule has 0 bridgehead atoms. The maximum absolute atomic E-state index is 12.1. The van der Waals surface area contributed by atoms with Crippen molar-refractivity contribution in [2.24, 2.45) is 10.9 Å². The van der Waals surface area contributed by atoms with Gasteiger partial charge in [-0.3, -0.25) is 14.5 Å². The van der Waals surface area contributed by atoms with E-state index >= 15 is 0 Å². The molecule has 6 heteroatoms. The second kappa shape index (κ2) is 5.53. The minimum absolute atomic E-state index is 0.112. The zero-order valence-electron chi connectivity index (χ0n) is 10.9. The molecule has 0 saturated carbocycles. The number of allylic oxidation sites excluding steroid dienone is 1. The summed E-state index contributed by atoms with van der Waals surface area (Å²) in [6.45, 7) is 2.09. The zero-order valence-corrected chi connectivity index (χ0v) is 10.9. The van der Waals surface area contributed by atoms with Crippen molar-refractivity contribution in [3.63, 3.8) is 0 Å². The molecule has 0 aromatic heterocycles. The summed E-state index contributed by atoms with van der Waals surface area (Å²) in [5, 5.41) is 2.51. The van der Waals surface area contributed by atoms with Gasteiger partial charge in [0.1, 0.15) is 0 Å². The maximum atomic E-state index is 12.1. The van der Waals surface area contributed by atoms with Gasteiger partial charge in [-0.2, -0.15) is 4.99 Å². The molecule has 1 atom stereocenters. The Morgan fingerprint density at radius 2 is 2.30 bits per heavy atom. The lowest BCUT2D eigenvalue weighted by molar-refractivity contribution is -0.129. The Bertz CT molecular complexity index is 608. The van der Waals surface area contributed by atoms with Gasteiger partial charge in [-0.1, -0.05) is 18.1 Å². The first-order valence-electron chi connectivity index (χ1n) is 6.14. The minimum atomic E-state index is -0.600. The largest absolute Gasteiger partial charge is 0.350 e. The monoisotopic (exact) mass is 271 g/mol. The van der Waals surface area contributed by atoms with Crippen LogP contribution in [0, 0.1) is 18.3 Å². The van der Waals surface area contributed by atoms with Crippen LogP contribution in [0.25, 0.3) is 0 Å². The molecule has 4 amide bonds. The normalized spacial score (nSPS) is 20.8. The van der Waals surface area contributed by atoms with Gasteiger partial charge < -0.3 is 5.32 Å². The number of amides is 4. The highest BCUT2D eigenvalue weighted by Crippen LogP contribution is 2.22. The van der Waals surface area contributed by atoms with Gasteiger partial charge in [0.05, 0.1) is 18.2 Å². The summed E-state index contributed by atoms with van der Waals surface area (Å²) in [4.78, 5) is 40.4. The van der Waals surface area contributed by atoms with E-state index in [1.165, 1.54) is 12.2 Å². The zero-order chi connectivity index (χ0) is 14.7. The minimum Gasteiger partial charge on any atom is -0.341 e. The molecule has 1 heterocycles. The number of hydrogen-bond acceptors (Lipinski definition) is 3. The van der Waals surface area contributed by atoms with Gasteiger partial charge in [0.25, 0.3) is 5.91 Å². The van der Waals surface area contributed by atoms with E-state index in [0.29, 0.717) is 5.57 Å².